The third-order valence-corrected chi connectivity index (χ3v) is 10.1. The topological polar surface area (TPSA) is 74.6 Å². The Morgan fingerprint density at radius 2 is 1.15 bits per heavy atom. The van der Waals surface area contributed by atoms with Gasteiger partial charge in [0.05, 0.1) is 0 Å². The van der Waals surface area contributed by atoms with Gasteiger partial charge >= 0.3 is 133 Å². The summed E-state index contributed by atoms with van der Waals surface area (Å²) >= 11 is 0.0736. The molecule has 0 bridgehead atoms. The van der Waals surface area contributed by atoms with Crippen LogP contribution in [0.15, 0.2) is 11.6 Å². The van der Waals surface area contributed by atoms with Crippen molar-refractivity contribution in [2.75, 3.05) is 0 Å². The molecule has 0 saturated carbocycles. The van der Waals surface area contributed by atoms with Crippen molar-refractivity contribution in [3.63, 3.8) is 0 Å². The van der Waals surface area contributed by atoms with E-state index in [2.05, 4.69) is 20.8 Å². The van der Waals surface area contributed by atoms with Crippen LogP contribution in [0.3, 0.4) is 0 Å². The van der Waals surface area contributed by atoms with E-state index in [1.165, 1.54) is 64.2 Å². The van der Waals surface area contributed by atoms with Crippen LogP contribution in [0.1, 0.15) is 137 Å². The van der Waals surface area contributed by atoms with Gasteiger partial charge in [-0.1, -0.05) is 39.5 Å². The summed E-state index contributed by atoms with van der Waals surface area (Å²) in [7, 11) is 0. The van der Waals surface area contributed by atoms with Gasteiger partial charge in [0.1, 0.15) is 0 Å². The molecule has 2 N–H and O–H groups in total. The van der Waals surface area contributed by atoms with Crippen LogP contribution in [0.2, 0.25) is 8.87 Å². The van der Waals surface area contributed by atoms with Gasteiger partial charge in [0.25, 0.3) is 0 Å². The standard InChI is InChI=1S/C12H20O4.2C8H17.Sn/c1-3-5-6-9(4-2)7-10(12(15)16)8-11(13)14;2*1-3-5-7-8-6-4-2;/h8-9H,3-7H2,1-2H3,(H,13,14)(H,15,16);2*1,3-8H2,2H3;/b10-8-;;;. The fourth-order valence-corrected chi connectivity index (χ4v) is 7.36. The molecule has 0 aliphatic carbocycles. The minimum atomic E-state index is -1.19. The second-order valence-electron chi connectivity index (χ2n) is 9.22. The molecule has 33 heavy (non-hydrogen) atoms. The second-order valence-corrected chi connectivity index (χ2v) is 13.5. The van der Waals surface area contributed by atoms with Crippen molar-refractivity contribution in [1.29, 1.82) is 0 Å². The van der Waals surface area contributed by atoms with E-state index < -0.39 is 11.9 Å². The SMILES string of the molecule is CCCCC(CC)C/C(=C/C(=O)O)C(=O)O.CCCCCCC[CH2][Sn][CH2]CCCCCCC. The quantitative estimate of drug-likeness (QED) is 0.0771. The van der Waals surface area contributed by atoms with Gasteiger partial charge in [0.15, 0.2) is 0 Å². The molecule has 0 aromatic carbocycles. The normalized spacial score (nSPS) is 12.2. The Kier molecular flexibility index (Phi) is 29.1. The number of carboxylic acids is 2. The van der Waals surface area contributed by atoms with Crippen molar-refractivity contribution in [2.45, 2.75) is 146 Å². The van der Waals surface area contributed by atoms with Crippen molar-refractivity contribution in [3.8, 4) is 0 Å². The molecular formula is C28H54O4Sn. The molecule has 1 unspecified atom stereocenters. The van der Waals surface area contributed by atoms with Gasteiger partial charge in [-0.15, -0.1) is 0 Å². The first-order valence-electron chi connectivity index (χ1n) is 13.8. The molecule has 0 amide bonds. The third kappa shape index (κ3) is 27.6. The predicted molar refractivity (Wildman–Crippen MR) is 143 cm³/mol. The Morgan fingerprint density at radius 3 is 1.55 bits per heavy atom. The Bertz CT molecular complexity index is 463. The average molecular weight is 573 g/mol. The van der Waals surface area contributed by atoms with Gasteiger partial charge in [0, 0.05) is 11.6 Å². The van der Waals surface area contributed by atoms with Crippen LogP contribution in [0, 0.1) is 5.92 Å². The molecule has 194 valence electrons. The van der Waals surface area contributed by atoms with Crippen molar-refractivity contribution >= 4 is 33.1 Å². The molecule has 0 spiro atoms. The summed E-state index contributed by atoms with van der Waals surface area (Å²) < 4.78 is 3.31. The summed E-state index contributed by atoms with van der Waals surface area (Å²) in [6.45, 7) is 8.68. The van der Waals surface area contributed by atoms with Crippen LogP contribution in [-0.4, -0.2) is 43.3 Å². The molecule has 0 aliphatic heterocycles. The molecule has 0 rings (SSSR count). The summed E-state index contributed by atoms with van der Waals surface area (Å²) in [5.41, 5.74) is -0.00421. The zero-order valence-electron chi connectivity index (χ0n) is 22.3. The molecule has 0 saturated heterocycles. The van der Waals surface area contributed by atoms with E-state index in [0.29, 0.717) is 6.42 Å². The van der Waals surface area contributed by atoms with Crippen LogP contribution >= 0.6 is 0 Å². The maximum atomic E-state index is 10.8. The van der Waals surface area contributed by atoms with Gasteiger partial charge in [-0.05, 0) is 12.3 Å². The van der Waals surface area contributed by atoms with Crippen molar-refractivity contribution in [1.82, 2.24) is 0 Å². The Morgan fingerprint density at radius 1 is 0.697 bits per heavy atom. The number of carboxylic acid groups (broad SMARTS) is 2. The van der Waals surface area contributed by atoms with E-state index in [4.69, 9.17) is 10.2 Å². The Hall–Kier alpha value is -0.521. The molecule has 0 aromatic rings. The van der Waals surface area contributed by atoms with E-state index in [0.717, 1.165) is 31.8 Å². The average Bonchev–Trinajstić information content (AvgIpc) is 2.79. The van der Waals surface area contributed by atoms with Gasteiger partial charge in [-0.25, -0.2) is 9.59 Å². The van der Waals surface area contributed by atoms with Crippen molar-refractivity contribution < 1.29 is 19.8 Å². The summed E-state index contributed by atoms with van der Waals surface area (Å²) in [5, 5.41) is 17.4. The first kappa shape index (κ1) is 34.6. The maximum absolute atomic E-state index is 10.8. The number of aliphatic carboxylic acids is 2. The molecule has 0 aliphatic rings. The summed E-state index contributed by atoms with van der Waals surface area (Å²) in [6, 6.07) is 0. The van der Waals surface area contributed by atoms with E-state index in [-0.39, 0.29) is 32.6 Å². The predicted octanol–water partition coefficient (Wildman–Crippen LogP) is 8.94. The zero-order chi connectivity index (χ0) is 25.2. The fourth-order valence-electron chi connectivity index (χ4n) is 3.80. The van der Waals surface area contributed by atoms with Crippen LogP contribution < -0.4 is 0 Å². The van der Waals surface area contributed by atoms with Crippen LogP contribution in [0.4, 0.5) is 0 Å². The number of rotatable bonds is 22. The van der Waals surface area contributed by atoms with Crippen molar-refractivity contribution in [2.24, 2.45) is 5.92 Å². The molecule has 1 atom stereocenters. The number of carbonyl (C=O) groups is 2. The van der Waals surface area contributed by atoms with E-state index in [1.54, 1.807) is 21.7 Å². The van der Waals surface area contributed by atoms with Crippen molar-refractivity contribution in [3.05, 3.63) is 11.6 Å². The number of unbranched alkanes of at least 4 members (excludes halogenated alkanes) is 11. The van der Waals surface area contributed by atoms with Crippen LogP contribution in [0.25, 0.3) is 0 Å². The van der Waals surface area contributed by atoms with Gasteiger partial charge in [-0.3, -0.25) is 0 Å². The summed E-state index contributed by atoms with van der Waals surface area (Å²) in [4.78, 5) is 21.3. The van der Waals surface area contributed by atoms with Gasteiger partial charge in [-0.2, -0.15) is 0 Å². The van der Waals surface area contributed by atoms with E-state index in [9.17, 15) is 9.59 Å². The minimum absolute atomic E-state index is 0.00421. The zero-order valence-corrected chi connectivity index (χ0v) is 25.2. The summed E-state index contributed by atoms with van der Waals surface area (Å²) in [5.74, 6) is -2.05. The Balaban J connectivity index is 0. The number of hydrogen-bond acceptors (Lipinski definition) is 2. The third-order valence-electron chi connectivity index (χ3n) is 6.04. The van der Waals surface area contributed by atoms with Gasteiger partial charge in [0.2, 0.25) is 0 Å². The first-order valence-corrected chi connectivity index (χ1v) is 17.8. The molecule has 0 fully saturated rings. The molecule has 4 nitrogen and oxygen atoms in total. The molecular weight excluding hydrogens is 519 g/mol. The first-order chi connectivity index (χ1) is 15.9. The Labute approximate surface area is 215 Å². The second kappa shape index (κ2) is 27.7. The summed E-state index contributed by atoms with van der Waals surface area (Å²) in [6.07, 6.45) is 22.9. The van der Waals surface area contributed by atoms with Gasteiger partial charge < -0.3 is 10.2 Å². The number of hydrogen-bond donors (Lipinski definition) is 2. The molecule has 0 heterocycles. The van der Waals surface area contributed by atoms with E-state index in [1.807, 2.05) is 6.92 Å². The monoisotopic (exact) mass is 574 g/mol. The molecule has 2 radical (unpaired) electrons. The molecule has 0 aromatic heterocycles. The fraction of sp³-hybridized carbons (Fsp3) is 0.857. The van der Waals surface area contributed by atoms with Crippen LogP contribution in [0.5, 0.6) is 0 Å². The molecule has 5 heteroatoms. The van der Waals surface area contributed by atoms with Crippen LogP contribution in [-0.2, 0) is 9.59 Å². The van der Waals surface area contributed by atoms with E-state index >= 15 is 0 Å².